The third-order valence-corrected chi connectivity index (χ3v) is 6.62. The first-order valence-electron chi connectivity index (χ1n) is 9.09. The lowest BCUT2D eigenvalue weighted by Gasteiger charge is -2.47. The maximum Gasteiger partial charge on any atom is 0.161 e. The molecule has 1 aromatic rings. The summed E-state index contributed by atoms with van der Waals surface area (Å²) in [6.07, 6.45) is 7.96. The van der Waals surface area contributed by atoms with Crippen LogP contribution in [0.5, 0.6) is 11.5 Å². The van der Waals surface area contributed by atoms with Crippen LogP contribution >= 0.6 is 0 Å². The minimum absolute atomic E-state index is 0.107. The number of ether oxygens (including phenoxy) is 4. The molecule has 0 unspecified atom stereocenters. The second-order valence-electron chi connectivity index (χ2n) is 7.51. The zero-order valence-electron chi connectivity index (χ0n) is 15.1. The van der Waals surface area contributed by atoms with Crippen LogP contribution in [0.3, 0.4) is 0 Å². The molecule has 5 nitrogen and oxygen atoms in total. The summed E-state index contributed by atoms with van der Waals surface area (Å²) in [5, 5.41) is 0. The third-order valence-electron chi connectivity index (χ3n) is 6.62. The molecule has 3 aliphatic heterocycles. The Bertz CT molecular complexity index is 747. The molecule has 0 saturated carbocycles. The van der Waals surface area contributed by atoms with Gasteiger partial charge in [-0.15, -0.1) is 0 Å². The molecule has 25 heavy (non-hydrogen) atoms. The maximum atomic E-state index is 6.28. The van der Waals surface area contributed by atoms with Crippen molar-refractivity contribution in [2.75, 3.05) is 34.4 Å². The Morgan fingerprint density at radius 3 is 2.72 bits per heavy atom. The van der Waals surface area contributed by atoms with Crippen molar-refractivity contribution in [1.29, 1.82) is 0 Å². The predicted molar refractivity (Wildman–Crippen MR) is 93.3 cm³/mol. The summed E-state index contributed by atoms with van der Waals surface area (Å²) in [4.78, 5) is 2.63. The topological polar surface area (TPSA) is 43.5 Å². The Kier molecular flexibility index (Phi) is 3.28. The molecule has 5 heteroatoms. The van der Waals surface area contributed by atoms with Gasteiger partial charge in [0.05, 0.1) is 25.9 Å². The molecule has 1 aromatic carbocycles. The van der Waals surface area contributed by atoms with Gasteiger partial charge in [0.1, 0.15) is 11.7 Å². The van der Waals surface area contributed by atoms with Crippen LogP contribution in [-0.4, -0.2) is 57.1 Å². The van der Waals surface area contributed by atoms with Crippen LogP contribution in [-0.2, 0) is 21.4 Å². The summed E-state index contributed by atoms with van der Waals surface area (Å²) in [5.74, 6) is 1.60. The normalized spacial score (nSPS) is 38.2. The van der Waals surface area contributed by atoms with Crippen molar-refractivity contribution in [2.24, 2.45) is 0 Å². The van der Waals surface area contributed by atoms with Crippen LogP contribution in [0.1, 0.15) is 24.0 Å². The number of nitrogens with zero attached hydrogens (tertiary/aromatic N) is 1. The van der Waals surface area contributed by atoms with Crippen molar-refractivity contribution >= 4 is 0 Å². The van der Waals surface area contributed by atoms with E-state index in [1.807, 2.05) is 0 Å². The number of aryl methyl sites for hydroxylation is 1. The van der Waals surface area contributed by atoms with Crippen LogP contribution in [0.2, 0.25) is 0 Å². The first kappa shape index (κ1) is 15.7. The minimum atomic E-state index is -0.208. The fraction of sp³-hybridized carbons (Fsp3) is 0.600. The average molecular weight is 343 g/mol. The summed E-state index contributed by atoms with van der Waals surface area (Å²) in [7, 11) is 5.20. The fourth-order valence-corrected chi connectivity index (χ4v) is 5.43. The molecule has 134 valence electrons. The Labute approximate surface area is 148 Å². The Morgan fingerprint density at radius 1 is 1.16 bits per heavy atom. The van der Waals surface area contributed by atoms with Gasteiger partial charge in [-0.1, -0.05) is 6.08 Å². The molecule has 0 N–H and O–H groups in total. The largest absolute Gasteiger partial charge is 0.493 e. The fourth-order valence-electron chi connectivity index (χ4n) is 5.43. The summed E-state index contributed by atoms with van der Waals surface area (Å²) in [5.41, 5.74) is 2.30. The highest BCUT2D eigenvalue weighted by Gasteiger charge is 2.77. The highest BCUT2D eigenvalue weighted by molar-refractivity contribution is 5.55. The Hall–Kier alpha value is -1.56. The zero-order valence-corrected chi connectivity index (χ0v) is 15.1. The van der Waals surface area contributed by atoms with Crippen LogP contribution in [0.15, 0.2) is 24.3 Å². The van der Waals surface area contributed by atoms with Crippen molar-refractivity contribution in [1.82, 2.24) is 4.90 Å². The molecular weight excluding hydrogens is 318 g/mol. The molecule has 0 bridgehead atoms. The SMILES string of the molecule is COc1cc2c(cc1OC)[C@@]13C[C@H](OC)C=C[C@@]14O[C@H]4CN3CCC2. The van der Waals surface area contributed by atoms with Crippen molar-refractivity contribution in [3.8, 4) is 11.5 Å². The van der Waals surface area contributed by atoms with Crippen molar-refractivity contribution in [2.45, 2.75) is 42.6 Å². The van der Waals surface area contributed by atoms with Gasteiger partial charge in [-0.3, -0.25) is 4.90 Å². The second kappa shape index (κ2) is 5.22. The molecule has 2 fully saturated rings. The van der Waals surface area contributed by atoms with E-state index in [4.69, 9.17) is 18.9 Å². The minimum Gasteiger partial charge on any atom is -0.493 e. The van der Waals surface area contributed by atoms with E-state index in [1.165, 1.54) is 11.1 Å². The molecule has 0 amide bonds. The summed E-state index contributed by atoms with van der Waals surface area (Å²) in [6.45, 7) is 2.08. The molecule has 2 saturated heterocycles. The van der Waals surface area contributed by atoms with Gasteiger partial charge in [-0.2, -0.15) is 0 Å². The van der Waals surface area contributed by atoms with Gasteiger partial charge in [-0.25, -0.2) is 0 Å². The van der Waals surface area contributed by atoms with Gasteiger partial charge >= 0.3 is 0 Å². The van der Waals surface area contributed by atoms with E-state index in [9.17, 15) is 0 Å². The van der Waals surface area contributed by atoms with E-state index in [2.05, 4.69) is 29.2 Å². The van der Waals surface area contributed by atoms with Gasteiger partial charge in [0.15, 0.2) is 11.5 Å². The number of benzene rings is 1. The standard InChI is InChI=1S/C20H25NO4/c1-22-14-6-7-20-18(25-20)12-21-8-4-5-13-9-16(23-2)17(24-3)10-15(13)19(20,21)11-14/h6-7,9-10,14,18H,4-5,8,11-12H2,1-3H3/t14-,18+,19+,20+/m1/s1. The smallest absolute Gasteiger partial charge is 0.161 e. The molecule has 3 heterocycles. The lowest BCUT2D eigenvalue weighted by atomic mass is 9.69. The zero-order chi connectivity index (χ0) is 17.2. The molecule has 0 radical (unpaired) electrons. The van der Waals surface area contributed by atoms with Gasteiger partial charge in [-0.05, 0) is 48.7 Å². The molecule has 2 spiro atoms. The van der Waals surface area contributed by atoms with E-state index < -0.39 is 0 Å². The van der Waals surface area contributed by atoms with E-state index in [-0.39, 0.29) is 17.2 Å². The summed E-state index contributed by atoms with van der Waals surface area (Å²) >= 11 is 0. The lowest BCUT2D eigenvalue weighted by molar-refractivity contribution is -0.0222. The number of rotatable bonds is 3. The number of epoxide rings is 1. The second-order valence-corrected chi connectivity index (χ2v) is 7.51. The molecular formula is C20H25NO4. The van der Waals surface area contributed by atoms with Crippen LogP contribution in [0.25, 0.3) is 0 Å². The van der Waals surface area contributed by atoms with Gasteiger partial charge in [0.2, 0.25) is 0 Å². The Morgan fingerprint density at radius 2 is 1.96 bits per heavy atom. The lowest BCUT2D eigenvalue weighted by Crippen LogP contribution is -2.54. The van der Waals surface area contributed by atoms with Crippen LogP contribution in [0.4, 0.5) is 0 Å². The molecule has 4 atom stereocenters. The van der Waals surface area contributed by atoms with Crippen molar-refractivity contribution in [3.05, 3.63) is 35.4 Å². The average Bonchev–Trinajstić information content (AvgIpc) is 3.30. The predicted octanol–water partition coefficient (Wildman–Crippen LogP) is 2.27. The monoisotopic (exact) mass is 343 g/mol. The molecule has 0 aromatic heterocycles. The molecule has 4 aliphatic rings. The third kappa shape index (κ3) is 1.84. The van der Waals surface area contributed by atoms with Gasteiger partial charge in [0.25, 0.3) is 0 Å². The van der Waals surface area contributed by atoms with Gasteiger partial charge in [0, 0.05) is 20.1 Å². The maximum absolute atomic E-state index is 6.28. The van der Waals surface area contributed by atoms with Crippen molar-refractivity contribution in [3.63, 3.8) is 0 Å². The Balaban J connectivity index is 1.75. The highest BCUT2D eigenvalue weighted by Crippen LogP contribution is 2.65. The number of morpholine rings is 1. The quantitative estimate of drug-likeness (QED) is 0.622. The first-order chi connectivity index (χ1) is 12.2. The highest BCUT2D eigenvalue weighted by atomic mass is 16.6. The number of methoxy groups -OCH3 is 3. The van der Waals surface area contributed by atoms with Crippen LogP contribution < -0.4 is 9.47 Å². The number of hydrogen-bond acceptors (Lipinski definition) is 5. The molecule has 5 rings (SSSR count). The van der Waals surface area contributed by atoms with Crippen LogP contribution in [0, 0.1) is 0 Å². The van der Waals surface area contributed by atoms with E-state index in [1.54, 1.807) is 21.3 Å². The van der Waals surface area contributed by atoms with E-state index in [0.29, 0.717) is 6.10 Å². The number of fused-ring (bicyclic) bond motifs is 1. The van der Waals surface area contributed by atoms with E-state index >= 15 is 0 Å². The van der Waals surface area contributed by atoms with Crippen molar-refractivity contribution < 1.29 is 18.9 Å². The van der Waals surface area contributed by atoms with Gasteiger partial charge < -0.3 is 18.9 Å². The summed E-state index contributed by atoms with van der Waals surface area (Å²) in [6, 6.07) is 4.35. The number of hydrogen-bond donors (Lipinski definition) is 0. The first-order valence-corrected chi connectivity index (χ1v) is 9.09. The summed E-state index contributed by atoms with van der Waals surface area (Å²) < 4.78 is 23.2. The van der Waals surface area contributed by atoms with E-state index in [0.717, 1.165) is 43.9 Å². The molecule has 1 aliphatic carbocycles.